The van der Waals surface area contributed by atoms with Gasteiger partial charge in [-0.25, -0.2) is 0 Å². The van der Waals surface area contributed by atoms with Crippen LogP contribution in [0.15, 0.2) is 18.2 Å². The fourth-order valence-corrected chi connectivity index (χ4v) is 3.94. The van der Waals surface area contributed by atoms with E-state index in [-0.39, 0.29) is 5.54 Å². The number of hydrogen-bond acceptors (Lipinski definition) is 2. The van der Waals surface area contributed by atoms with E-state index in [2.05, 4.69) is 30.1 Å². The lowest BCUT2D eigenvalue weighted by Crippen LogP contribution is -2.63. The number of hydrogen-bond donors (Lipinski definition) is 1. The summed E-state index contributed by atoms with van der Waals surface area (Å²) in [6.07, 6.45) is 3.89. The van der Waals surface area contributed by atoms with E-state index >= 15 is 0 Å². The summed E-state index contributed by atoms with van der Waals surface area (Å²) in [6, 6.07) is 6.52. The second kappa shape index (κ2) is 6.08. The molecule has 4 heteroatoms. The van der Waals surface area contributed by atoms with Gasteiger partial charge in [0.25, 0.3) is 0 Å². The molecule has 3 rings (SSSR count). The first-order valence-corrected chi connectivity index (χ1v) is 8.71. The molecule has 2 nitrogen and oxygen atoms in total. The van der Waals surface area contributed by atoms with Crippen LogP contribution in [0.25, 0.3) is 0 Å². The van der Waals surface area contributed by atoms with Gasteiger partial charge in [0.15, 0.2) is 0 Å². The Morgan fingerprint density at radius 1 is 1.33 bits per heavy atom. The van der Waals surface area contributed by atoms with Crippen LogP contribution in [0.3, 0.4) is 0 Å². The molecule has 1 saturated heterocycles. The first-order chi connectivity index (χ1) is 10.0. The number of halogens is 2. The number of benzene rings is 1. The van der Waals surface area contributed by atoms with Crippen LogP contribution < -0.4 is 5.32 Å². The number of piperazine rings is 1. The van der Waals surface area contributed by atoms with Gasteiger partial charge in [-0.1, -0.05) is 42.3 Å². The summed E-state index contributed by atoms with van der Waals surface area (Å²) in [4.78, 5) is 2.59. The van der Waals surface area contributed by atoms with E-state index in [1.807, 2.05) is 12.1 Å². The summed E-state index contributed by atoms with van der Waals surface area (Å²) in [6.45, 7) is 7.70. The largest absolute Gasteiger partial charge is 0.308 e. The highest BCUT2D eigenvalue weighted by molar-refractivity contribution is 6.42. The Balaban J connectivity index is 1.78. The maximum Gasteiger partial charge on any atom is 0.0637 e. The van der Waals surface area contributed by atoms with Crippen LogP contribution in [0.4, 0.5) is 0 Å². The second-order valence-electron chi connectivity index (χ2n) is 6.75. The van der Waals surface area contributed by atoms with Gasteiger partial charge < -0.3 is 5.32 Å². The molecule has 1 aromatic rings. The fourth-order valence-electron chi connectivity index (χ4n) is 3.56. The number of rotatable bonds is 4. The minimum atomic E-state index is 0.261. The van der Waals surface area contributed by atoms with Gasteiger partial charge in [-0.2, -0.15) is 0 Å². The molecule has 2 aliphatic rings. The van der Waals surface area contributed by atoms with Crippen molar-refractivity contribution < 1.29 is 0 Å². The van der Waals surface area contributed by atoms with Crippen molar-refractivity contribution in [3.05, 3.63) is 33.8 Å². The van der Waals surface area contributed by atoms with E-state index in [0.29, 0.717) is 16.1 Å². The third-order valence-corrected chi connectivity index (χ3v) is 6.00. The van der Waals surface area contributed by atoms with E-state index in [4.69, 9.17) is 23.2 Å². The lowest BCUT2D eigenvalue weighted by molar-refractivity contribution is 0.0666. The molecule has 0 bridgehead atoms. The van der Waals surface area contributed by atoms with Crippen LogP contribution in [-0.4, -0.2) is 29.6 Å². The lowest BCUT2D eigenvalue weighted by atomic mass is 9.90. The zero-order chi connectivity index (χ0) is 15.0. The Bertz CT molecular complexity index is 516. The zero-order valence-corrected chi connectivity index (χ0v) is 14.3. The van der Waals surface area contributed by atoms with Gasteiger partial charge in [-0.15, -0.1) is 0 Å². The van der Waals surface area contributed by atoms with E-state index in [1.165, 1.54) is 12.8 Å². The average molecular weight is 327 g/mol. The van der Waals surface area contributed by atoms with E-state index in [9.17, 15) is 0 Å². The van der Waals surface area contributed by atoms with E-state index in [1.54, 1.807) is 0 Å². The third kappa shape index (κ3) is 3.24. The summed E-state index contributed by atoms with van der Waals surface area (Å²) in [5, 5.41) is 5.16. The Labute approximate surface area is 137 Å². The summed E-state index contributed by atoms with van der Waals surface area (Å²) in [7, 11) is 0. The molecule has 1 aliphatic heterocycles. The molecule has 0 aromatic heterocycles. The predicted octanol–water partition coefficient (Wildman–Crippen LogP) is 4.35. The highest BCUT2D eigenvalue weighted by Gasteiger charge is 2.45. The van der Waals surface area contributed by atoms with Crippen LogP contribution in [0.2, 0.25) is 10.0 Å². The summed E-state index contributed by atoms with van der Waals surface area (Å²) in [5.41, 5.74) is 1.40. The van der Waals surface area contributed by atoms with Crippen molar-refractivity contribution in [3.8, 4) is 0 Å². The molecule has 0 spiro atoms. The number of nitrogens with one attached hydrogen (secondary N) is 1. The van der Waals surface area contributed by atoms with Crippen LogP contribution in [0, 0.1) is 5.92 Å². The Kier molecular flexibility index (Phi) is 4.52. The van der Waals surface area contributed by atoms with Crippen molar-refractivity contribution in [1.29, 1.82) is 0 Å². The predicted molar refractivity (Wildman–Crippen MR) is 90.1 cm³/mol. The van der Waals surface area contributed by atoms with Gasteiger partial charge in [0.2, 0.25) is 0 Å². The maximum absolute atomic E-state index is 6.38. The van der Waals surface area contributed by atoms with Crippen molar-refractivity contribution in [3.63, 3.8) is 0 Å². The van der Waals surface area contributed by atoms with Gasteiger partial charge in [-0.3, -0.25) is 4.90 Å². The standard InChI is InChI=1S/C17H24Cl2N2/c1-3-14-9-20-17(2,13-7-8-13)11-21(14)10-12-5-4-6-15(18)16(12)19/h4-6,13-14,20H,3,7-11H2,1-2H3. The number of nitrogens with zero attached hydrogens (tertiary/aromatic N) is 1. The molecular weight excluding hydrogens is 303 g/mol. The van der Waals surface area contributed by atoms with Crippen molar-refractivity contribution in [2.24, 2.45) is 5.92 Å². The second-order valence-corrected chi connectivity index (χ2v) is 7.54. The van der Waals surface area contributed by atoms with Crippen LogP contribution in [0.1, 0.15) is 38.7 Å². The summed E-state index contributed by atoms with van der Waals surface area (Å²) < 4.78 is 0. The Morgan fingerprint density at radius 3 is 2.76 bits per heavy atom. The quantitative estimate of drug-likeness (QED) is 0.885. The minimum Gasteiger partial charge on any atom is -0.308 e. The van der Waals surface area contributed by atoms with Crippen LogP contribution in [0.5, 0.6) is 0 Å². The monoisotopic (exact) mass is 326 g/mol. The smallest absolute Gasteiger partial charge is 0.0637 e. The van der Waals surface area contributed by atoms with Crippen LogP contribution >= 0.6 is 23.2 Å². The molecule has 1 saturated carbocycles. The Morgan fingerprint density at radius 2 is 2.10 bits per heavy atom. The first kappa shape index (κ1) is 15.6. The van der Waals surface area contributed by atoms with Gasteiger partial charge in [0.05, 0.1) is 10.0 Å². The molecular formula is C17H24Cl2N2. The van der Waals surface area contributed by atoms with Crippen molar-refractivity contribution in [2.75, 3.05) is 13.1 Å². The van der Waals surface area contributed by atoms with Crippen LogP contribution in [-0.2, 0) is 6.54 Å². The highest BCUT2D eigenvalue weighted by Crippen LogP contribution is 2.42. The molecule has 2 fully saturated rings. The molecule has 0 amide bonds. The minimum absolute atomic E-state index is 0.261. The van der Waals surface area contributed by atoms with Crippen molar-refractivity contribution in [2.45, 2.75) is 51.2 Å². The highest BCUT2D eigenvalue weighted by atomic mass is 35.5. The van der Waals surface area contributed by atoms with E-state index < -0.39 is 0 Å². The molecule has 1 aliphatic carbocycles. The zero-order valence-electron chi connectivity index (χ0n) is 12.8. The van der Waals surface area contributed by atoms with Gasteiger partial charge in [0.1, 0.15) is 0 Å². The van der Waals surface area contributed by atoms with Gasteiger partial charge in [-0.05, 0) is 43.7 Å². The fraction of sp³-hybridized carbons (Fsp3) is 0.647. The first-order valence-electron chi connectivity index (χ1n) is 7.95. The molecule has 1 aromatic carbocycles. The Hall–Kier alpha value is -0.280. The SMILES string of the molecule is CCC1CNC(C)(C2CC2)CN1Cc1cccc(Cl)c1Cl. The molecule has 21 heavy (non-hydrogen) atoms. The molecule has 116 valence electrons. The maximum atomic E-state index is 6.38. The van der Waals surface area contributed by atoms with E-state index in [0.717, 1.165) is 37.5 Å². The van der Waals surface area contributed by atoms with Crippen molar-refractivity contribution >= 4 is 23.2 Å². The molecule has 2 atom stereocenters. The van der Waals surface area contributed by atoms with Gasteiger partial charge in [0, 0.05) is 31.2 Å². The topological polar surface area (TPSA) is 15.3 Å². The van der Waals surface area contributed by atoms with Crippen molar-refractivity contribution in [1.82, 2.24) is 10.2 Å². The summed E-state index contributed by atoms with van der Waals surface area (Å²) in [5.74, 6) is 0.840. The molecule has 2 unspecified atom stereocenters. The van der Waals surface area contributed by atoms with Gasteiger partial charge >= 0.3 is 0 Å². The third-order valence-electron chi connectivity index (χ3n) is 5.14. The molecule has 1 heterocycles. The molecule has 0 radical (unpaired) electrons. The molecule has 1 N–H and O–H groups in total. The lowest BCUT2D eigenvalue weighted by Gasteiger charge is -2.46. The normalized spacial score (nSPS) is 30.6. The summed E-state index contributed by atoms with van der Waals surface area (Å²) >= 11 is 12.5. The average Bonchev–Trinajstić information content (AvgIpc) is 3.29.